The van der Waals surface area contributed by atoms with Crippen LogP contribution in [0.25, 0.3) is 0 Å². The molecule has 0 fully saturated rings. The summed E-state index contributed by atoms with van der Waals surface area (Å²) in [5.41, 5.74) is 3.09. The Balaban J connectivity index is 1.73. The molecule has 0 saturated carbocycles. The fourth-order valence-corrected chi connectivity index (χ4v) is 3.08. The second-order valence-electron chi connectivity index (χ2n) is 7.64. The van der Waals surface area contributed by atoms with E-state index in [0.29, 0.717) is 29.9 Å². The van der Waals surface area contributed by atoms with Gasteiger partial charge in [0.15, 0.2) is 5.84 Å². The Hall–Kier alpha value is -3.67. The van der Waals surface area contributed by atoms with Crippen molar-refractivity contribution >= 4 is 23.0 Å². The molecule has 6 heteroatoms. The number of nitrogens with one attached hydrogen (secondary N) is 1. The van der Waals surface area contributed by atoms with Gasteiger partial charge < -0.3 is 14.8 Å². The quantitative estimate of drug-likeness (QED) is 0.550. The molecule has 0 saturated heterocycles. The summed E-state index contributed by atoms with van der Waals surface area (Å²) in [6.45, 7) is 4.88. The molecule has 1 N–H and O–H groups in total. The number of hydrogen-bond donors (Lipinski definition) is 1. The summed E-state index contributed by atoms with van der Waals surface area (Å²) < 4.78 is 24.6. The first-order chi connectivity index (χ1) is 15.0. The van der Waals surface area contributed by atoms with E-state index in [1.54, 1.807) is 19.2 Å². The maximum Gasteiger partial charge on any atom is 0.162 e. The first kappa shape index (κ1) is 20.6. The van der Waals surface area contributed by atoms with Crippen LogP contribution in [0.4, 0.5) is 15.8 Å². The van der Waals surface area contributed by atoms with Crippen LogP contribution in [0, 0.1) is 11.7 Å². The molecular formula is C25H24FN3O2. The van der Waals surface area contributed by atoms with Gasteiger partial charge in [0.25, 0.3) is 0 Å². The molecule has 0 unspecified atom stereocenters. The van der Waals surface area contributed by atoms with Gasteiger partial charge in [0, 0.05) is 17.2 Å². The summed E-state index contributed by atoms with van der Waals surface area (Å²) in [7, 11) is 1.62. The third-order valence-corrected chi connectivity index (χ3v) is 4.71. The number of methoxy groups -OCH3 is 1. The van der Waals surface area contributed by atoms with E-state index in [-0.39, 0.29) is 5.82 Å². The summed E-state index contributed by atoms with van der Waals surface area (Å²) >= 11 is 0. The second kappa shape index (κ2) is 9.00. The number of rotatable bonds is 6. The third kappa shape index (κ3) is 4.91. The van der Waals surface area contributed by atoms with Gasteiger partial charge in [-0.05, 0) is 66.6 Å². The molecule has 1 heterocycles. The molecule has 3 aromatic carbocycles. The largest absolute Gasteiger partial charge is 0.497 e. The molecule has 0 amide bonds. The van der Waals surface area contributed by atoms with Gasteiger partial charge in [0.2, 0.25) is 0 Å². The Labute approximate surface area is 181 Å². The summed E-state index contributed by atoms with van der Waals surface area (Å²) in [6.07, 6.45) is 0. The molecule has 5 nitrogen and oxygen atoms in total. The highest BCUT2D eigenvalue weighted by molar-refractivity contribution is 6.19. The highest BCUT2D eigenvalue weighted by Crippen LogP contribution is 2.32. The van der Waals surface area contributed by atoms with E-state index in [9.17, 15) is 4.39 Å². The molecule has 31 heavy (non-hydrogen) atoms. The van der Waals surface area contributed by atoms with E-state index < -0.39 is 0 Å². The van der Waals surface area contributed by atoms with Crippen LogP contribution < -0.4 is 14.8 Å². The molecule has 0 aliphatic carbocycles. The topological polar surface area (TPSA) is 55.2 Å². The van der Waals surface area contributed by atoms with Crippen LogP contribution in [-0.4, -0.2) is 25.4 Å². The number of halogens is 1. The monoisotopic (exact) mass is 417 g/mol. The van der Waals surface area contributed by atoms with Gasteiger partial charge in [-0.15, -0.1) is 0 Å². The fraction of sp³-hybridized carbons (Fsp3) is 0.200. The average molecular weight is 417 g/mol. The van der Waals surface area contributed by atoms with Crippen molar-refractivity contribution in [2.45, 2.75) is 13.8 Å². The number of anilines is 1. The highest BCUT2D eigenvalue weighted by Gasteiger charge is 2.16. The summed E-state index contributed by atoms with van der Waals surface area (Å²) in [4.78, 5) is 9.49. The zero-order valence-corrected chi connectivity index (χ0v) is 17.7. The number of amidine groups is 2. The van der Waals surface area contributed by atoms with E-state index in [4.69, 9.17) is 19.5 Å². The van der Waals surface area contributed by atoms with Crippen molar-refractivity contribution in [2.24, 2.45) is 15.9 Å². The van der Waals surface area contributed by atoms with E-state index in [2.05, 4.69) is 19.2 Å². The van der Waals surface area contributed by atoms with Crippen molar-refractivity contribution in [1.82, 2.24) is 0 Å². The lowest BCUT2D eigenvalue weighted by Gasteiger charge is -2.12. The molecular weight excluding hydrogens is 393 g/mol. The summed E-state index contributed by atoms with van der Waals surface area (Å²) in [5.74, 6) is 2.79. The lowest BCUT2D eigenvalue weighted by Crippen LogP contribution is -2.15. The average Bonchev–Trinajstić information content (AvgIpc) is 2.97. The van der Waals surface area contributed by atoms with Crippen LogP contribution in [0.1, 0.15) is 25.0 Å². The van der Waals surface area contributed by atoms with Gasteiger partial charge in [0.05, 0.1) is 25.1 Å². The van der Waals surface area contributed by atoms with Crippen molar-refractivity contribution in [1.29, 1.82) is 0 Å². The van der Waals surface area contributed by atoms with Crippen LogP contribution >= 0.6 is 0 Å². The lowest BCUT2D eigenvalue weighted by atomic mass is 10.1. The van der Waals surface area contributed by atoms with Crippen molar-refractivity contribution in [3.8, 4) is 11.5 Å². The van der Waals surface area contributed by atoms with Crippen LogP contribution in [0.3, 0.4) is 0 Å². The van der Waals surface area contributed by atoms with Crippen LogP contribution in [0.2, 0.25) is 0 Å². The van der Waals surface area contributed by atoms with Gasteiger partial charge in [-0.2, -0.15) is 0 Å². The minimum Gasteiger partial charge on any atom is -0.497 e. The molecule has 3 aromatic rings. The van der Waals surface area contributed by atoms with E-state index in [0.717, 1.165) is 28.3 Å². The number of ether oxygens (including phenoxy) is 2. The zero-order chi connectivity index (χ0) is 21.8. The van der Waals surface area contributed by atoms with Gasteiger partial charge >= 0.3 is 0 Å². The molecule has 0 spiro atoms. The zero-order valence-electron chi connectivity index (χ0n) is 17.7. The van der Waals surface area contributed by atoms with Crippen molar-refractivity contribution < 1.29 is 13.9 Å². The molecule has 158 valence electrons. The third-order valence-electron chi connectivity index (χ3n) is 4.71. The van der Waals surface area contributed by atoms with Gasteiger partial charge in [-0.25, -0.2) is 14.4 Å². The summed E-state index contributed by atoms with van der Waals surface area (Å²) in [5, 5.41) is 3.37. The molecule has 0 atom stereocenters. The Kier molecular flexibility index (Phi) is 5.98. The van der Waals surface area contributed by atoms with Crippen LogP contribution in [0.5, 0.6) is 11.5 Å². The number of aliphatic imine (C=N–C) groups is 2. The minimum absolute atomic E-state index is 0.303. The standard InChI is InChI=1S/C25H24FN3O2/c1-16(2)15-31-20-10-6-18(7-11-20)25-28-23-14-21(30-3)12-13-22(23)27-24(29-25)17-4-8-19(26)9-5-17/h4-14,16H,15H2,1-3H3,(H,27,28,29). The molecule has 1 aliphatic heterocycles. The van der Waals surface area contributed by atoms with E-state index in [1.165, 1.54) is 12.1 Å². The normalized spacial score (nSPS) is 12.9. The fourth-order valence-electron chi connectivity index (χ4n) is 3.08. The van der Waals surface area contributed by atoms with Crippen LogP contribution in [-0.2, 0) is 0 Å². The molecule has 0 radical (unpaired) electrons. The van der Waals surface area contributed by atoms with Gasteiger partial charge in [0.1, 0.15) is 23.2 Å². The first-order valence-corrected chi connectivity index (χ1v) is 10.1. The molecule has 1 aliphatic rings. The first-order valence-electron chi connectivity index (χ1n) is 10.1. The Morgan fingerprint density at radius 2 is 1.55 bits per heavy atom. The Morgan fingerprint density at radius 3 is 2.23 bits per heavy atom. The molecule has 0 bridgehead atoms. The maximum atomic E-state index is 13.4. The predicted molar refractivity (Wildman–Crippen MR) is 123 cm³/mol. The van der Waals surface area contributed by atoms with E-state index in [1.807, 2.05) is 42.5 Å². The molecule has 4 rings (SSSR count). The highest BCUT2D eigenvalue weighted by atomic mass is 19.1. The van der Waals surface area contributed by atoms with E-state index >= 15 is 0 Å². The summed E-state index contributed by atoms with van der Waals surface area (Å²) in [6, 6.07) is 19.5. The molecule has 0 aromatic heterocycles. The number of benzene rings is 3. The van der Waals surface area contributed by atoms with Crippen molar-refractivity contribution in [3.05, 3.63) is 83.7 Å². The maximum absolute atomic E-state index is 13.4. The lowest BCUT2D eigenvalue weighted by molar-refractivity contribution is 0.271. The second-order valence-corrected chi connectivity index (χ2v) is 7.64. The predicted octanol–water partition coefficient (Wildman–Crippen LogP) is 5.82. The van der Waals surface area contributed by atoms with Crippen LogP contribution in [0.15, 0.2) is 76.7 Å². The number of nitrogens with zero attached hydrogens (tertiary/aromatic N) is 2. The smallest absolute Gasteiger partial charge is 0.162 e. The SMILES string of the molecule is COc1ccc2c(c1)NC(c1ccc(OCC(C)C)cc1)=NC(c1ccc(F)cc1)=N2. The minimum atomic E-state index is -0.303. The number of hydrogen-bond acceptors (Lipinski definition) is 5. The number of fused-ring (bicyclic) bond motifs is 1. The van der Waals surface area contributed by atoms with Crippen molar-refractivity contribution in [3.63, 3.8) is 0 Å². The van der Waals surface area contributed by atoms with Gasteiger partial charge in [-0.1, -0.05) is 13.8 Å². The Bertz CT molecular complexity index is 1120. The Morgan fingerprint density at radius 1 is 0.871 bits per heavy atom. The van der Waals surface area contributed by atoms with Gasteiger partial charge in [-0.3, -0.25) is 0 Å². The van der Waals surface area contributed by atoms with Crippen molar-refractivity contribution in [2.75, 3.05) is 19.0 Å².